The van der Waals surface area contributed by atoms with Gasteiger partial charge < -0.3 is 16.4 Å². The second kappa shape index (κ2) is 7.26. The van der Waals surface area contributed by atoms with Gasteiger partial charge in [-0.2, -0.15) is 0 Å². The van der Waals surface area contributed by atoms with Crippen molar-refractivity contribution in [2.45, 2.75) is 31.3 Å². The Morgan fingerprint density at radius 1 is 1.39 bits per heavy atom. The van der Waals surface area contributed by atoms with E-state index in [1.54, 1.807) is 23.7 Å². The number of hydroxylamine groups is 1. The molecule has 0 fully saturated rings. The van der Waals surface area contributed by atoms with Crippen LogP contribution >= 0.6 is 0 Å². The van der Waals surface area contributed by atoms with E-state index >= 15 is 0 Å². The van der Waals surface area contributed by atoms with Gasteiger partial charge in [0.1, 0.15) is 6.04 Å². The van der Waals surface area contributed by atoms with Crippen LogP contribution in [0.15, 0.2) is 30.3 Å². The molecule has 0 saturated carbocycles. The lowest BCUT2D eigenvalue weighted by Gasteiger charge is -2.39. The van der Waals surface area contributed by atoms with Gasteiger partial charge in [-0.15, -0.1) is 0 Å². The van der Waals surface area contributed by atoms with Crippen molar-refractivity contribution in [3.63, 3.8) is 0 Å². The van der Waals surface area contributed by atoms with Crippen molar-refractivity contribution >= 4 is 23.6 Å². The topological polar surface area (TPSA) is 116 Å². The molecule has 124 valence electrons. The predicted octanol–water partition coefficient (Wildman–Crippen LogP) is 0.613. The molecule has 2 rings (SSSR count). The number of benzene rings is 1. The quantitative estimate of drug-likeness (QED) is 0.287. The molecule has 0 aromatic heterocycles. The molecule has 7 heteroatoms. The fourth-order valence-corrected chi connectivity index (χ4v) is 2.68. The molecule has 2 atom stereocenters. The smallest absolute Gasteiger partial charge is 0.275 e. The van der Waals surface area contributed by atoms with Gasteiger partial charge in [0.15, 0.2) is 5.54 Å². The van der Waals surface area contributed by atoms with E-state index < -0.39 is 23.4 Å². The zero-order chi connectivity index (χ0) is 16.9. The molecule has 0 spiro atoms. The van der Waals surface area contributed by atoms with Crippen molar-refractivity contribution in [2.75, 3.05) is 11.9 Å². The number of hydrogen-bond acceptors (Lipinski definition) is 5. The summed E-state index contributed by atoms with van der Waals surface area (Å²) in [6.45, 7) is 2.55. The highest BCUT2D eigenvalue weighted by molar-refractivity contribution is 6.01. The molecule has 0 aliphatic carbocycles. The third-order valence-corrected chi connectivity index (χ3v) is 3.92. The van der Waals surface area contributed by atoms with Gasteiger partial charge in [0.2, 0.25) is 5.91 Å². The van der Waals surface area contributed by atoms with E-state index in [4.69, 9.17) is 10.9 Å². The fourth-order valence-electron chi connectivity index (χ4n) is 2.68. The minimum Gasteiger partial charge on any atom is -0.368 e. The highest BCUT2D eigenvalue weighted by Gasteiger charge is 2.48. The molecule has 6 N–H and O–H groups in total. The fraction of sp³-hybridized carbons (Fsp3) is 0.375. The summed E-state index contributed by atoms with van der Waals surface area (Å²) in [5, 5.41) is 15.2. The van der Waals surface area contributed by atoms with E-state index in [0.717, 1.165) is 18.4 Å². The molecule has 1 aliphatic heterocycles. The molecule has 1 aliphatic rings. The molecule has 1 aromatic rings. The molecule has 0 radical (unpaired) electrons. The van der Waals surface area contributed by atoms with Crippen molar-refractivity contribution in [3.05, 3.63) is 35.9 Å². The summed E-state index contributed by atoms with van der Waals surface area (Å²) in [4.78, 5) is 24.3. The first-order chi connectivity index (χ1) is 11.0. The van der Waals surface area contributed by atoms with E-state index in [1.165, 1.54) is 0 Å². The lowest BCUT2D eigenvalue weighted by atomic mass is 9.84. The second-order valence-electron chi connectivity index (χ2n) is 5.50. The minimum atomic E-state index is -1.50. The second-order valence-corrected chi connectivity index (χ2v) is 5.50. The zero-order valence-corrected chi connectivity index (χ0v) is 13.0. The zero-order valence-electron chi connectivity index (χ0n) is 13.0. The number of nitrogens with one attached hydrogen (secondary N) is 3. The third kappa shape index (κ3) is 3.35. The maximum absolute atomic E-state index is 12.4. The molecular formula is C16H22N4O3. The van der Waals surface area contributed by atoms with Crippen LogP contribution < -0.4 is 21.8 Å². The average molecular weight is 318 g/mol. The van der Waals surface area contributed by atoms with E-state index in [0.29, 0.717) is 12.2 Å². The molecule has 2 amide bonds. The van der Waals surface area contributed by atoms with Crippen LogP contribution in [0.1, 0.15) is 25.3 Å². The summed E-state index contributed by atoms with van der Waals surface area (Å²) >= 11 is 0. The Balaban J connectivity index is 2.40. The molecular weight excluding hydrogens is 296 g/mol. The summed E-state index contributed by atoms with van der Waals surface area (Å²) in [5.74, 6) is -1.43. The minimum absolute atomic E-state index is 0.529. The Morgan fingerprint density at radius 2 is 2.13 bits per heavy atom. The number of unbranched alkanes of at least 4 members (excludes halogenated alkanes) is 1. The molecule has 0 saturated heterocycles. The van der Waals surface area contributed by atoms with Crippen LogP contribution in [0.2, 0.25) is 0 Å². The first kappa shape index (κ1) is 17.0. The lowest BCUT2D eigenvalue weighted by molar-refractivity contribution is -0.136. The molecule has 0 bridgehead atoms. The Bertz CT molecular complexity index is 617. The van der Waals surface area contributed by atoms with Crippen molar-refractivity contribution in [1.29, 1.82) is 0 Å². The lowest BCUT2D eigenvalue weighted by Crippen LogP contribution is -2.67. The van der Waals surface area contributed by atoms with E-state index in [9.17, 15) is 9.59 Å². The van der Waals surface area contributed by atoms with E-state index in [1.807, 2.05) is 25.1 Å². The predicted molar refractivity (Wildman–Crippen MR) is 87.7 cm³/mol. The number of carbonyl (C=O) groups excluding carboxylic acids is 2. The number of primary amides is 1. The number of fused-ring (bicyclic) bond motifs is 1. The van der Waals surface area contributed by atoms with Crippen molar-refractivity contribution in [2.24, 2.45) is 5.73 Å². The highest BCUT2D eigenvalue weighted by atomic mass is 16.5. The molecule has 1 aromatic carbocycles. The largest absolute Gasteiger partial charge is 0.368 e. The van der Waals surface area contributed by atoms with Gasteiger partial charge in [-0.1, -0.05) is 37.6 Å². The molecule has 2 unspecified atom stereocenters. The van der Waals surface area contributed by atoms with Gasteiger partial charge in [-0.3, -0.25) is 14.8 Å². The van der Waals surface area contributed by atoms with Crippen LogP contribution in [0.5, 0.6) is 0 Å². The average Bonchev–Trinajstić information content (AvgIpc) is 2.57. The van der Waals surface area contributed by atoms with Gasteiger partial charge in [-0.05, 0) is 30.7 Å². The standard InChI is InChI=1S/C16H22N4O3/c1-2-3-10-18-13(14(17)21)16(15(22)20-23)9-8-11-6-4-5-7-12(11)19-16/h4-9,13,18-19,23H,2-3,10H2,1H3,(H2,17,21)(H,20,22). The van der Waals surface area contributed by atoms with Crippen LogP contribution in [-0.4, -0.2) is 35.1 Å². The normalized spacial score (nSPS) is 20.3. The van der Waals surface area contributed by atoms with E-state index in [2.05, 4.69) is 10.6 Å². The van der Waals surface area contributed by atoms with Crippen LogP contribution in [0, 0.1) is 0 Å². The van der Waals surface area contributed by atoms with Crippen molar-refractivity contribution < 1.29 is 14.8 Å². The first-order valence-corrected chi connectivity index (χ1v) is 7.59. The number of nitrogens with two attached hydrogens (primary N) is 1. The molecule has 7 nitrogen and oxygen atoms in total. The van der Waals surface area contributed by atoms with Gasteiger partial charge >= 0.3 is 0 Å². The third-order valence-electron chi connectivity index (χ3n) is 3.92. The maximum Gasteiger partial charge on any atom is 0.275 e. The molecule has 23 heavy (non-hydrogen) atoms. The SMILES string of the molecule is CCCCNC(C(N)=O)C1(C(=O)NO)C=Cc2ccccc2N1. The monoisotopic (exact) mass is 318 g/mol. The van der Waals surface area contributed by atoms with Crippen molar-refractivity contribution in [3.8, 4) is 0 Å². The number of amides is 2. The Labute approximate surface area is 134 Å². The van der Waals surface area contributed by atoms with Crippen LogP contribution in [0.3, 0.4) is 0 Å². The summed E-state index contributed by atoms with van der Waals surface area (Å²) < 4.78 is 0. The number of para-hydroxylation sites is 1. The summed E-state index contributed by atoms with van der Waals surface area (Å²) in [7, 11) is 0. The Hall–Kier alpha value is -2.38. The summed E-state index contributed by atoms with van der Waals surface area (Å²) in [6.07, 6.45) is 5.05. The summed E-state index contributed by atoms with van der Waals surface area (Å²) in [6, 6.07) is 6.35. The number of carbonyl (C=O) groups is 2. The Kier molecular flexibility index (Phi) is 5.36. The van der Waals surface area contributed by atoms with Crippen molar-refractivity contribution in [1.82, 2.24) is 10.8 Å². The van der Waals surface area contributed by atoms with Gasteiger partial charge in [0.05, 0.1) is 0 Å². The summed E-state index contributed by atoms with van der Waals surface area (Å²) in [5.41, 5.74) is 7.21. The number of anilines is 1. The maximum atomic E-state index is 12.4. The Morgan fingerprint density at radius 3 is 2.78 bits per heavy atom. The van der Waals surface area contributed by atoms with Crippen LogP contribution in [0.4, 0.5) is 5.69 Å². The van der Waals surface area contributed by atoms with Crippen LogP contribution in [-0.2, 0) is 9.59 Å². The van der Waals surface area contributed by atoms with Gasteiger partial charge in [-0.25, -0.2) is 5.48 Å². The molecule has 1 heterocycles. The van der Waals surface area contributed by atoms with Gasteiger partial charge in [0.25, 0.3) is 5.91 Å². The number of hydrogen-bond donors (Lipinski definition) is 5. The van der Waals surface area contributed by atoms with E-state index in [-0.39, 0.29) is 0 Å². The highest BCUT2D eigenvalue weighted by Crippen LogP contribution is 2.30. The number of rotatable bonds is 7. The first-order valence-electron chi connectivity index (χ1n) is 7.59. The van der Waals surface area contributed by atoms with Gasteiger partial charge in [0, 0.05) is 5.69 Å². The van der Waals surface area contributed by atoms with Crippen LogP contribution in [0.25, 0.3) is 6.08 Å².